The standard InChI is InChI=1S/C12H22N2O3/c1-11(2,3)9-12(8-13-9)4-6-14(7-5-12)17-10(15)16/h9,13H,4-8H2,1-3H3,(H,15,16). The summed E-state index contributed by atoms with van der Waals surface area (Å²) in [4.78, 5) is 15.2. The van der Waals surface area contributed by atoms with E-state index in [0.29, 0.717) is 24.5 Å². The van der Waals surface area contributed by atoms with Crippen LogP contribution in [0.25, 0.3) is 0 Å². The van der Waals surface area contributed by atoms with E-state index in [1.54, 1.807) is 5.06 Å². The zero-order chi connectivity index (χ0) is 12.7. The predicted molar refractivity (Wildman–Crippen MR) is 63.6 cm³/mol. The molecule has 1 unspecified atom stereocenters. The summed E-state index contributed by atoms with van der Waals surface area (Å²) in [5, 5.41) is 13.7. The Morgan fingerprint density at radius 1 is 1.41 bits per heavy atom. The normalized spacial score (nSPS) is 28.8. The van der Waals surface area contributed by atoms with Crippen LogP contribution in [0, 0.1) is 10.8 Å². The van der Waals surface area contributed by atoms with Gasteiger partial charge in [-0.1, -0.05) is 20.8 Å². The maximum absolute atomic E-state index is 10.5. The van der Waals surface area contributed by atoms with Crippen LogP contribution in [-0.4, -0.2) is 42.0 Å². The fourth-order valence-corrected chi connectivity index (χ4v) is 3.32. The summed E-state index contributed by atoms with van der Waals surface area (Å²) in [6, 6.07) is 0.530. The first-order chi connectivity index (χ1) is 7.83. The molecule has 1 atom stereocenters. The molecule has 0 aromatic heterocycles. The smallest absolute Gasteiger partial charge is 0.448 e. The second kappa shape index (κ2) is 4.14. The molecule has 0 aromatic carbocycles. The van der Waals surface area contributed by atoms with Gasteiger partial charge < -0.3 is 15.3 Å². The van der Waals surface area contributed by atoms with Gasteiger partial charge in [-0.05, 0) is 18.3 Å². The van der Waals surface area contributed by atoms with Crippen molar-refractivity contribution in [2.75, 3.05) is 19.6 Å². The van der Waals surface area contributed by atoms with Crippen LogP contribution in [0.2, 0.25) is 0 Å². The van der Waals surface area contributed by atoms with E-state index in [1.165, 1.54) is 0 Å². The minimum atomic E-state index is -1.21. The van der Waals surface area contributed by atoms with Gasteiger partial charge in [-0.2, -0.15) is 0 Å². The Morgan fingerprint density at radius 3 is 2.35 bits per heavy atom. The van der Waals surface area contributed by atoms with E-state index >= 15 is 0 Å². The molecule has 1 spiro atoms. The fourth-order valence-electron chi connectivity index (χ4n) is 3.32. The molecule has 0 radical (unpaired) electrons. The van der Waals surface area contributed by atoms with Crippen molar-refractivity contribution in [3.05, 3.63) is 0 Å². The third kappa shape index (κ3) is 2.40. The SMILES string of the molecule is CC(C)(C)C1NCC12CCN(OC(=O)O)CC2. The summed E-state index contributed by atoms with van der Waals surface area (Å²) in [6.45, 7) is 9.24. The van der Waals surface area contributed by atoms with Gasteiger partial charge in [-0.15, -0.1) is 5.06 Å². The number of carboxylic acid groups (broad SMARTS) is 1. The monoisotopic (exact) mass is 242 g/mol. The van der Waals surface area contributed by atoms with E-state index in [2.05, 4.69) is 26.1 Å². The number of rotatable bonds is 1. The Bertz CT molecular complexity index is 303. The Labute approximate surface area is 102 Å². The summed E-state index contributed by atoms with van der Waals surface area (Å²) in [7, 11) is 0. The first-order valence-electron chi connectivity index (χ1n) is 6.23. The topological polar surface area (TPSA) is 61.8 Å². The van der Waals surface area contributed by atoms with E-state index in [0.717, 1.165) is 19.4 Å². The summed E-state index contributed by atoms with van der Waals surface area (Å²) in [5.74, 6) is 0. The second-order valence-corrected chi connectivity index (χ2v) is 6.33. The molecule has 2 aliphatic rings. The number of nitrogens with one attached hydrogen (secondary N) is 1. The number of hydrogen-bond donors (Lipinski definition) is 2. The minimum Gasteiger partial charge on any atom is -0.448 e. The average Bonchev–Trinajstić information content (AvgIpc) is 2.13. The molecular formula is C12H22N2O3. The third-order valence-corrected chi connectivity index (χ3v) is 4.06. The van der Waals surface area contributed by atoms with Crippen LogP contribution in [0.3, 0.4) is 0 Å². The second-order valence-electron chi connectivity index (χ2n) is 6.33. The minimum absolute atomic E-state index is 0.258. The highest BCUT2D eigenvalue weighted by Crippen LogP contribution is 2.47. The molecule has 0 bridgehead atoms. The van der Waals surface area contributed by atoms with Crippen LogP contribution in [-0.2, 0) is 4.84 Å². The lowest BCUT2D eigenvalue weighted by Gasteiger charge is -2.58. The van der Waals surface area contributed by atoms with Crippen LogP contribution in [0.5, 0.6) is 0 Å². The molecule has 2 fully saturated rings. The van der Waals surface area contributed by atoms with Gasteiger partial charge in [0.1, 0.15) is 0 Å². The fraction of sp³-hybridized carbons (Fsp3) is 0.917. The maximum Gasteiger partial charge on any atom is 0.525 e. The first-order valence-corrected chi connectivity index (χ1v) is 6.23. The van der Waals surface area contributed by atoms with Crippen molar-refractivity contribution in [3.63, 3.8) is 0 Å². The van der Waals surface area contributed by atoms with Gasteiger partial charge in [0.2, 0.25) is 0 Å². The van der Waals surface area contributed by atoms with E-state index in [9.17, 15) is 4.79 Å². The Hall–Kier alpha value is -0.810. The Kier molecular flexibility index (Phi) is 3.08. The van der Waals surface area contributed by atoms with Crippen molar-refractivity contribution in [2.24, 2.45) is 10.8 Å². The molecule has 2 aliphatic heterocycles. The summed E-state index contributed by atoms with van der Waals surface area (Å²) < 4.78 is 0. The molecule has 0 aliphatic carbocycles. The number of piperidine rings is 1. The lowest BCUT2D eigenvalue weighted by atomic mass is 9.59. The van der Waals surface area contributed by atoms with Gasteiger partial charge in [0, 0.05) is 31.1 Å². The summed E-state index contributed by atoms with van der Waals surface area (Å²) in [5.41, 5.74) is 0.602. The quantitative estimate of drug-likeness (QED) is 0.732. The van der Waals surface area contributed by atoms with Crippen LogP contribution in [0.1, 0.15) is 33.6 Å². The van der Waals surface area contributed by atoms with E-state index in [4.69, 9.17) is 9.94 Å². The molecule has 98 valence electrons. The van der Waals surface area contributed by atoms with Gasteiger partial charge in [-0.3, -0.25) is 0 Å². The number of carbonyl (C=O) groups is 1. The number of nitrogens with zero attached hydrogens (tertiary/aromatic N) is 1. The maximum atomic E-state index is 10.5. The van der Waals surface area contributed by atoms with Crippen LogP contribution >= 0.6 is 0 Å². The average molecular weight is 242 g/mol. The molecule has 2 heterocycles. The highest BCUT2D eigenvalue weighted by atomic mass is 16.8. The zero-order valence-electron chi connectivity index (χ0n) is 10.8. The van der Waals surface area contributed by atoms with E-state index in [-0.39, 0.29) is 5.41 Å². The van der Waals surface area contributed by atoms with Gasteiger partial charge >= 0.3 is 6.16 Å². The van der Waals surface area contributed by atoms with E-state index < -0.39 is 6.16 Å². The van der Waals surface area contributed by atoms with Gasteiger partial charge in [0.25, 0.3) is 0 Å². The summed E-state index contributed by atoms with van der Waals surface area (Å²) >= 11 is 0. The summed E-state index contributed by atoms with van der Waals surface area (Å²) in [6.07, 6.45) is 0.810. The molecule has 0 amide bonds. The number of hydroxylamine groups is 2. The highest BCUT2D eigenvalue weighted by molar-refractivity contribution is 5.56. The molecule has 2 saturated heterocycles. The molecule has 2 rings (SSSR count). The molecule has 0 saturated carbocycles. The Morgan fingerprint density at radius 2 is 2.00 bits per heavy atom. The van der Waals surface area contributed by atoms with Gasteiger partial charge in [-0.25, -0.2) is 4.79 Å². The van der Waals surface area contributed by atoms with Crippen molar-refractivity contribution in [3.8, 4) is 0 Å². The highest BCUT2D eigenvalue weighted by Gasteiger charge is 2.52. The Balaban J connectivity index is 1.92. The molecule has 0 aromatic rings. The lowest BCUT2D eigenvalue weighted by molar-refractivity contribution is -0.165. The molecule has 17 heavy (non-hydrogen) atoms. The largest absolute Gasteiger partial charge is 0.525 e. The molecule has 5 nitrogen and oxygen atoms in total. The van der Waals surface area contributed by atoms with Gasteiger partial charge in [0.05, 0.1) is 0 Å². The number of hydrogen-bond acceptors (Lipinski definition) is 4. The predicted octanol–water partition coefficient (Wildman–Crippen LogP) is 1.70. The van der Waals surface area contributed by atoms with Crippen molar-refractivity contribution in [1.82, 2.24) is 10.4 Å². The molecular weight excluding hydrogens is 220 g/mol. The van der Waals surface area contributed by atoms with Crippen LogP contribution < -0.4 is 5.32 Å². The third-order valence-electron chi connectivity index (χ3n) is 4.06. The lowest BCUT2D eigenvalue weighted by Crippen LogP contribution is -2.69. The van der Waals surface area contributed by atoms with Crippen molar-refractivity contribution in [2.45, 2.75) is 39.7 Å². The first kappa shape index (κ1) is 12.6. The molecule has 5 heteroatoms. The van der Waals surface area contributed by atoms with Crippen molar-refractivity contribution in [1.29, 1.82) is 0 Å². The van der Waals surface area contributed by atoms with Crippen LogP contribution in [0.15, 0.2) is 0 Å². The van der Waals surface area contributed by atoms with Crippen LogP contribution in [0.4, 0.5) is 4.79 Å². The van der Waals surface area contributed by atoms with E-state index in [1.807, 2.05) is 0 Å². The van der Waals surface area contributed by atoms with Gasteiger partial charge in [0.15, 0.2) is 0 Å². The zero-order valence-corrected chi connectivity index (χ0v) is 10.8. The molecule has 2 N–H and O–H groups in total. The van der Waals surface area contributed by atoms with Crippen molar-refractivity contribution < 1.29 is 14.7 Å². The van der Waals surface area contributed by atoms with Crippen molar-refractivity contribution >= 4 is 6.16 Å².